The number of aliphatic carboxylic acids is 1. The fraction of sp³-hybridized carbons (Fsp3) is 0.176. The van der Waals surface area contributed by atoms with Gasteiger partial charge in [-0.25, -0.2) is 9.18 Å². The van der Waals surface area contributed by atoms with Gasteiger partial charge in [0, 0.05) is 18.1 Å². The monoisotopic (exact) mass is 346 g/mol. The van der Waals surface area contributed by atoms with E-state index in [-0.39, 0.29) is 24.1 Å². The van der Waals surface area contributed by atoms with Crippen LogP contribution in [0.2, 0.25) is 0 Å². The molecule has 0 aliphatic carbocycles. The lowest BCUT2D eigenvalue weighted by molar-refractivity contribution is -0.385. The maximum absolute atomic E-state index is 12.9. The van der Waals surface area contributed by atoms with Gasteiger partial charge in [0.2, 0.25) is 5.91 Å². The molecule has 0 saturated carbocycles. The first-order chi connectivity index (χ1) is 11.9. The van der Waals surface area contributed by atoms with Crippen LogP contribution in [0.4, 0.5) is 10.1 Å². The number of hydrogen-bond acceptors (Lipinski definition) is 4. The molecular formula is C17H15FN2O5. The van der Waals surface area contributed by atoms with Crippen molar-refractivity contribution in [3.63, 3.8) is 0 Å². The van der Waals surface area contributed by atoms with Gasteiger partial charge in [0.05, 0.1) is 11.3 Å². The Morgan fingerprint density at radius 2 is 1.80 bits per heavy atom. The summed E-state index contributed by atoms with van der Waals surface area (Å²) in [6.45, 7) is 0. The molecule has 7 nitrogen and oxygen atoms in total. The molecule has 0 bridgehead atoms. The van der Waals surface area contributed by atoms with Gasteiger partial charge in [-0.2, -0.15) is 0 Å². The van der Waals surface area contributed by atoms with Crippen LogP contribution in [0.5, 0.6) is 0 Å². The summed E-state index contributed by atoms with van der Waals surface area (Å²) >= 11 is 0. The van der Waals surface area contributed by atoms with Crippen molar-refractivity contribution in [3.05, 3.63) is 75.6 Å². The van der Waals surface area contributed by atoms with Crippen molar-refractivity contribution in [2.75, 3.05) is 0 Å². The first-order valence-electron chi connectivity index (χ1n) is 7.35. The molecule has 0 fully saturated rings. The molecule has 8 heteroatoms. The molecule has 0 spiro atoms. The smallest absolute Gasteiger partial charge is 0.326 e. The summed E-state index contributed by atoms with van der Waals surface area (Å²) in [5, 5.41) is 22.6. The lowest BCUT2D eigenvalue weighted by Crippen LogP contribution is -2.43. The third-order valence-electron chi connectivity index (χ3n) is 3.52. The predicted molar refractivity (Wildman–Crippen MR) is 86.5 cm³/mol. The van der Waals surface area contributed by atoms with Crippen LogP contribution in [0.25, 0.3) is 0 Å². The molecule has 2 aromatic carbocycles. The van der Waals surface area contributed by atoms with Crippen LogP contribution in [0, 0.1) is 15.9 Å². The van der Waals surface area contributed by atoms with Gasteiger partial charge in [-0.05, 0) is 17.7 Å². The molecule has 2 rings (SSSR count). The average molecular weight is 346 g/mol. The summed E-state index contributed by atoms with van der Waals surface area (Å²) in [4.78, 5) is 33.8. The van der Waals surface area contributed by atoms with Crippen LogP contribution >= 0.6 is 0 Å². The van der Waals surface area contributed by atoms with E-state index in [2.05, 4.69) is 5.32 Å². The number of rotatable bonds is 7. The van der Waals surface area contributed by atoms with Crippen LogP contribution in [0.1, 0.15) is 11.1 Å². The fourth-order valence-electron chi connectivity index (χ4n) is 2.31. The zero-order chi connectivity index (χ0) is 18.4. The van der Waals surface area contributed by atoms with E-state index < -0.39 is 28.7 Å². The Bertz CT molecular complexity index is 792. The largest absolute Gasteiger partial charge is 0.480 e. The van der Waals surface area contributed by atoms with Crippen LogP contribution < -0.4 is 5.32 Å². The third-order valence-corrected chi connectivity index (χ3v) is 3.52. The van der Waals surface area contributed by atoms with E-state index in [0.717, 1.165) is 0 Å². The van der Waals surface area contributed by atoms with Gasteiger partial charge in [-0.15, -0.1) is 0 Å². The average Bonchev–Trinajstić information content (AvgIpc) is 2.56. The van der Waals surface area contributed by atoms with Crippen molar-refractivity contribution in [1.29, 1.82) is 0 Å². The number of carbonyl (C=O) groups is 2. The van der Waals surface area contributed by atoms with E-state index >= 15 is 0 Å². The highest BCUT2D eigenvalue weighted by molar-refractivity contribution is 5.85. The number of nitro benzene ring substituents is 1. The molecule has 1 atom stereocenters. The molecule has 2 N–H and O–H groups in total. The molecule has 0 heterocycles. The summed E-state index contributed by atoms with van der Waals surface area (Å²) in [6.07, 6.45) is -0.345. The number of hydrogen-bond donors (Lipinski definition) is 2. The van der Waals surface area contributed by atoms with Crippen molar-refractivity contribution < 1.29 is 24.0 Å². The Morgan fingerprint density at radius 3 is 2.40 bits per heavy atom. The van der Waals surface area contributed by atoms with E-state index in [4.69, 9.17) is 0 Å². The van der Waals surface area contributed by atoms with Crippen molar-refractivity contribution in [1.82, 2.24) is 5.32 Å². The number of carboxylic acids is 1. The normalized spacial score (nSPS) is 11.6. The number of carboxylic acid groups (broad SMARTS) is 1. The van der Waals surface area contributed by atoms with Crippen LogP contribution in [-0.2, 0) is 22.4 Å². The minimum absolute atomic E-state index is 0.124. The van der Waals surface area contributed by atoms with E-state index in [1.54, 1.807) is 6.07 Å². The van der Waals surface area contributed by atoms with Crippen LogP contribution in [0.15, 0.2) is 48.5 Å². The molecule has 0 aromatic heterocycles. The molecule has 130 valence electrons. The number of benzene rings is 2. The van der Waals surface area contributed by atoms with E-state index in [9.17, 15) is 29.2 Å². The molecule has 2 aromatic rings. The summed E-state index contributed by atoms with van der Waals surface area (Å²) in [6, 6.07) is 9.68. The number of nitrogens with one attached hydrogen (secondary N) is 1. The Labute approximate surface area is 142 Å². The van der Waals surface area contributed by atoms with Crippen LogP contribution in [-0.4, -0.2) is 27.9 Å². The highest BCUT2D eigenvalue weighted by Gasteiger charge is 2.24. The van der Waals surface area contributed by atoms with Crippen molar-refractivity contribution in [2.45, 2.75) is 18.9 Å². The predicted octanol–water partition coefficient (Wildman–Crippen LogP) is 2.09. The highest BCUT2D eigenvalue weighted by Crippen LogP contribution is 2.19. The Morgan fingerprint density at radius 1 is 1.16 bits per heavy atom. The molecule has 0 radical (unpaired) electrons. The second-order valence-electron chi connectivity index (χ2n) is 5.35. The molecular weight excluding hydrogens is 331 g/mol. The molecule has 1 amide bonds. The van der Waals surface area contributed by atoms with Gasteiger partial charge in [-0.3, -0.25) is 14.9 Å². The third kappa shape index (κ3) is 5.10. The Kier molecular flexibility index (Phi) is 5.78. The SMILES string of the molecule is O=C(Cc1ccc(F)cc1)N[C@@H](Cc1ccccc1[N+](=O)[O-])C(=O)O. The maximum atomic E-state index is 12.9. The van der Waals surface area contributed by atoms with Crippen molar-refractivity contribution in [3.8, 4) is 0 Å². The Balaban J connectivity index is 2.08. The van der Waals surface area contributed by atoms with E-state index in [1.165, 1.54) is 42.5 Å². The number of para-hydroxylation sites is 1. The number of amides is 1. The first kappa shape index (κ1) is 18.1. The highest BCUT2D eigenvalue weighted by atomic mass is 19.1. The van der Waals surface area contributed by atoms with E-state index in [1.807, 2.05) is 0 Å². The summed E-state index contributed by atoms with van der Waals surface area (Å²) in [5.74, 6) is -2.31. The van der Waals surface area contributed by atoms with Gasteiger partial charge in [0.1, 0.15) is 11.9 Å². The number of carbonyl (C=O) groups excluding carboxylic acids is 1. The van der Waals surface area contributed by atoms with E-state index in [0.29, 0.717) is 5.56 Å². The second-order valence-corrected chi connectivity index (χ2v) is 5.35. The molecule has 0 aliphatic heterocycles. The van der Waals surface area contributed by atoms with Gasteiger partial charge in [-0.1, -0.05) is 30.3 Å². The molecule has 25 heavy (non-hydrogen) atoms. The summed E-state index contributed by atoms with van der Waals surface area (Å²) in [7, 11) is 0. The lowest BCUT2D eigenvalue weighted by atomic mass is 10.0. The maximum Gasteiger partial charge on any atom is 0.326 e. The molecule has 0 saturated heterocycles. The Hall–Kier alpha value is -3.29. The lowest BCUT2D eigenvalue weighted by Gasteiger charge is -2.15. The molecule has 0 unspecified atom stereocenters. The van der Waals surface area contributed by atoms with Crippen LogP contribution in [0.3, 0.4) is 0 Å². The van der Waals surface area contributed by atoms with Gasteiger partial charge < -0.3 is 10.4 Å². The number of nitrogens with zero attached hydrogens (tertiary/aromatic N) is 1. The number of nitro groups is 1. The molecule has 0 aliphatic rings. The summed E-state index contributed by atoms with van der Waals surface area (Å²) in [5.41, 5.74) is 0.525. The minimum Gasteiger partial charge on any atom is -0.480 e. The number of halogens is 1. The second kappa shape index (κ2) is 8.00. The first-order valence-corrected chi connectivity index (χ1v) is 7.35. The zero-order valence-electron chi connectivity index (χ0n) is 13.0. The minimum atomic E-state index is -1.31. The van der Waals surface area contributed by atoms with Crippen molar-refractivity contribution >= 4 is 17.6 Å². The topological polar surface area (TPSA) is 110 Å². The van der Waals surface area contributed by atoms with Gasteiger partial charge >= 0.3 is 5.97 Å². The summed E-state index contributed by atoms with van der Waals surface area (Å²) < 4.78 is 12.9. The van der Waals surface area contributed by atoms with Crippen molar-refractivity contribution in [2.24, 2.45) is 0 Å². The van der Waals surface area contributed by atoms with Gasteiger partial charge in [0.25, 0.3) is 5.69 Å². The fourth-order valence-corrected chi connectivity index (χ4v) is 2.31. The van der Waals surface area contributed by atoms with Gasteiger partial charge in [0.15, 0.2) is 0 Å². The standard InChI is InChI=1S/C17H15FN2O5/c18-13-7-5-11(6-8-13)9-16(21)19-14(17(22)23)10-12-3-1-2-4-15(12)20(24)25/h1-8,14H,9-10H2,(H,19,21)(H,22,23)/t14-/m0/s1. The quantitative estimate of drug-likeness (QED) is 0.589. The zero-order valence-corrected chi connectivity index (χ0v) is 13.0.